The molecule has 1 atom stereocenters. The smallest absolute Gasteiger partial charge is 0.257 e. The van der Waals surface area contributed by atoms with Crippen LogP contribution in [0, 0.1) is 18.7 Å². The van der Waals surface area contributed by atoms with E-state index in [0.717, 1.165) is 31.2 Å². The van der Waals surface area contributed by atoms with Gasteiger partial charge in [-0.3, -0.25) is 15.0 Å². The van der Waals surface area contributed by atoms with E-state index >= 15 is 0 Å². The summed E-state index contributed by atoms with van der Waals surface area (Å²) in [4.78, 5) is 19.1. The zero-order valence-electron chi connectivity index (χ0n) is 14.0. The molecule has 0 bridgehead atoms. The molecule has 4 nitrogen and oxygen atoms in total. The maximum absolute atomic E-state index is 13.6. The number of hydrogen-bond acceptors (Lipinski definition) is 4. The van der Waals surface area contributed by atoms with Gasteiger partial charge < -0.3 is 0 Å². The van der Waals surface area contributed by atoms with E-state index in [1.165, 1.54) is 30.2 Å². The third kappa shape index (κ3) is 4.19. The topological polar surface area (TPSA) is 45.2 Å². The fraction of sp³-hybridized carbons (Fsp3) is 0.444. The molecule has 0 saturated carbocycles. The number of carbonyl (C=O) groups excluding carboxylic acids is 1. The summed E-state index contributed by atoms with van der Waals surface area (Å²) in [5.74, 6) is 0.0242. The molecule has 2 heterocycles. The summed E-state index contributed by atoms with van der Waals surface area (Å²) in [6.07, 6.45) is 2.52. The maximum Gasteiger partial charge on any atom is 0.257 e. The summed E-state index contributed by atoms with van der Waals surface area (Å²) in [6.45, 7) is 6.97. The van der Waals surface area contributed by atoms with E-state index in [1.807, 2.05) is 5.38 Å². The lowest BCUT2D eigenvalue weighted by molar-refractivity contribution is 0.102. The van der Waals surface area contributed by atoms with Crippen molar-refractivity contribution in [3.05, 3.63) is 46.2 Å². The Kier molecular flexibility index (Phi) is 5.26. The predicted molar refractivity (Wildman–Crippen MR) is 94.9 cm³/mol. The molecule has 1 aromatic carbocycles. The van der Waals surface area contributed by atoms with Crippen molar-refractivity contribution in [3.8, 4) is 0 Å². The number of aromatic nitrogens is 1. The number of halogens is 1. The van der Waals surface area contributed by atoms with E-state index in [4.69, 9.17) is 0 Å². The number of benzene rings is 1. The fourth-order valence-corrected chi connectivity index (χ4v) is 3.70. The van der Waals surface area contributed by atoms with E-state index in [9.17, 15) is 9.18 Å². The number of nitrogens with one attached hydrogen (secondary N) is 1. The first-order valence-corrected chi connectivity index (χ1v) is 9.13. The van der Waals surface area contributed by atoms with Gasteiger partial charge in [0.15, 0.2) is 5.13 Å². The van der Waals surface area contributed by atoms with Crippen molar-refractivity contribution in [2.75, 3.05) is 18.4 Å². The Morgan fingerprint density at radius 3 is 3.08 bits per heavy atom. The summed E-state index contributed by atoms with van der Waals surface area (Å²) < 4.78 is 13.6. The van der Waals surface area contributed by atoms with Gasteiger partial charge in [-0.25, -0.2) is 9.37 Å². The highest BCUT2D eigenvalue weighted by Crippen LogP contribution is 2.21. The molecule has 0 spiro atoms. The molecule has 1 amide bonds. The molecule has 1 aliphatic rings. The normalized spacial score (nSPS) is 18.5. The van der Waals surface area contributed by atoms with Gasteiger partial charge in [0.05, 0.1) is 5.69 Å². The number of piperidine rings is 1. The van der Waals surface area contributed by atoms with Crippen LogP contribution in [0.1, 0.15) is 41.4 Å². The van der Waals surface area contributed by atoms with Gasteiger partial charge in [-0.15, -0.1) is 11.3 Å². The molecular formula is C18H22FN3OS. The van der Waals surface area contributed by atoms with Gasteiger partial charge in [0.2, 0.25) is 0 Å². The molecule has 1 saturated heterocycles. The SMILES string of the molecule is Cc1ccc(C(=O)Nc2nc(CN3CCCC(C)C3)cs2)cc1F. The van der Waals surface area contributed by atoms with Gasteiger partial charge in [-0.1, -0.05) is 13.0 Å². The number of rotatable bonds is 4. The monoisotopic (exact) mass is 347 g/mol. The zero-order chi connectivity index (χ0) is 17.1. The van der Waals surface area contributed by atoms with Gasteiger partial charge >= 0.3 is 0 Å². The Balaban J connectivity index is 1.61. The van der Waals surface area contributed by atoms with Crippen LogP contribution in [0.5, 0.6) is 0 Å². The van der Waals surface area contributed by atoms with Crippen LogP contribution in [0.4, 0.5) is 9.52 Å². The molecule has 2 aromatic rings. The van der Waals surface area contributed by atoms with E-state index in [-0.39, 0.29) is 11.7 Å². The van der Waals surface area contributed by atoms with Gasteiger partial charge in [0.1, 0.15) is 5.82 Å². The maximum atomic E-state index is 13.6. The van der Waals surface area contributed by atoms with Crippen LogP contribution in [0.3, 0.4) is 0 Å². The lowest BCUT2D eigenvalue weighted by atomic mass is 10.0. The Hall–Kier alpha value is -1.79. The number of likely N-dealkylation sites (tertiary alicyclic amines) is 1. The number of hydrogen-bond donors (Lipinski definition) is 1. The molecular weight excluding hydrogens is 325 g/mol. The number of anilines is 1. The van der Waals surface area contributed by atoms with Crippen LogP contribution >= 0.6 is 11.3 Å². The van der Waals surface area contributed by atoms with Gasteiger partial charge in [0, 0.05) is 24.0 Å². The third-order valence-electron chi connectivity index (χ3n) is 4.33. The van der Waals surface area contributed by atoms with Crippen molar-refractivity contribution < 1.29 is 9.18 Å². The molecule has 0 aliphatic carbocycles. The Morgan fingerprint density at radius 2 is 2.33 bits per heavy atom. The Labute approximate surface area is 145 Å². The largest absolute Gasteiger partial charge is 0.298 e. The number of thiazole rings is 1. The summed E-state index contributed by atoms with van der Waals surface area (Å²) in [5.41, 5.74) is 1.80. The quantitative estimate of drug-likeness (QED) is 0.906. The van der Waals surface area contributed by atoms with Crippen LogP contribution < -0.4 is 5.32 Å². The molecule has 24 heavy (non-hydrogen) atoms. The third-order valence-corrected chi connectivity index (χ3v) is 5.14. The summed E-state index contributed by atoms with van der Waals surface area (Å²) in [6, 6.07) is 4.49. The Bertz CT molecular complexity index is 731. The minimum absolute atomic E-state index is 0.305. The highest BCUT2D eigenvalue weighted by molar-refractivity contribution is 7.13. The molecule has 6 heteroatoms. The fourth-order valence-electron chi connectivity index (χ4n) is 3.00. The summed E-state index contributed by atoms with van der Waals surface area (Å²) in [5, 5.41) is 5.29. The number of aryl methyl sites for hydroxylation is 1. The van der Waals surface area contributed by atoms with Gasteiger partial charge in [-0.05, 0) is 49.9 Å². The molecule has 3 rings (SSSR count). The van der Waals surface area contributed by atoms with E-state index in [0.29, 0.717) is 16.3 Å². The van der Waals surface area contributed by atoms with Crippen molar-refractivity contribution >= 4 is 22.4 Å². The molecule has 1 N–H and O–H groups in total. The molecule has 1 fully saturated rings. The molecule has 128 valence electrons. The van der Waals surface area contributed by atoms with E-state index < -0.39 is 0 Å². The average Bonchev–Trinajstić information content (AvgIpc) is 2.97. The second kappa shape index (κ2) is 7.40. The van der Waals surface area contributed by atoms with E-state index in [2.05, 4.69) is 22.1 Å². The van der Waals surface area contributed by atoms with Crippen LogP contribution in [0.2, 0.25) is 0 Å². The Morgan fingerprint density at radius 1 is 1.50 bits per heavy atom. The number of amides is 1. The molecule has 1 aliphatic heterocycles. The zero-order valence-corrected chi connectivity index (χ0v) is 14.8. The van der Waals surface area contributed by atoms with Gasteiger partial charge in [0.25, 0.3) is 5.91 Å². The van der Waals surface area contributed by atoms with Crippen LogP contribution in [0.15, 0.2) is 23.6 Å². The second-order valence-corrected chi connectivity index (χ2v) is 7.40. The van der Waals surface area contributed by atoms with Crippen LogP contribution in [-0.2, 0) is 6.54 Å². The first-order valence-electron chi connectivity index (χ1n) is 8.25. The van der Waals surface area contributed by atoms with Gasteiger partial charge in [-0.2, -0.15) is 0 Å². The predicted octanol–water partition coefficient (Wildman–Crippen LogP) is 4.07. The number of carbonyl (C=O) groups is 1. The molecule has 1 aromatic heterocycles. The van der Waals surface area contributed by atoms with Crippen LogP contribution in [0.25, 0.3) is 0 Å². The molecule has 1 unspecified atom stereocenters. The minimum atomic E-state index is -0.373. The number of nitrogens with zero attached hydrogens (tertiary/aromatic N) is 2. The van der Waals surface area contributed by atoms with Crippen molar-refractivity contribution in [2.24, 2.45) is 5.92 Å². The first-order chi connectivity index (χ1) is 11.5. The summed E-state index contributed by atoms with van der Waals surface area (Å²) >= 11 is 1.41. The van der Waals surface area contributed by atoms with Crippen molar-refractivity contribution in [2.45, 2.75) is 33.2 Å². The highest BCUT2D eigenvalue weighted by Gasteiger charge is 2.18. The standard InChI is InChI=1S/C18H22FN3OS/c1-12-4-3-7-22(9-12)10-15-11-24-18(20-15)21-17(23)14-6-5-13(2)16(19)8-14/h5-6,8,11-12H,3-4,7,9-10H2,1-2H3,(H,20,21,23). The van der Waals surface area contributed by atoms with E-state index in [1.54, 1.807) is 19.1 Å². The highest BCUT2D eigenvalue weighted by atomic mass is 32.1. The van der Waals surface area contributed by atoms with Crippen molar-refractivity contribution in [1.29, 1.82) is 0 Å². The lowest BCUT2D eigenvalue weighted by Crippen LogP contribution is -2.33. The summed E-state index contributed by atoms with van der Waals surface area (Å²) in [7, 11) is 0. The molecule has 0 radical (unpaired) electrons. The van der Waals surface area contributed by atoms with Crippen LogP contribution in [-0.4, -0.2) is 28.9 Å². The second-order valence-electron chi connectivity index (χ2n) is 6.54. The average molecular weight is 347 g/mol. The first kappa shape index (κ1) is 17.0. The van der Waals surface area contributed by atoms with Crippen molar-refractivity contribution in [1.82, 2.24) is 9.88 Å². The van der Waals surface area contributed by atoms with Crippen molar-refractivity contribution in [3.63, 3.8) is 0 Å². The lowest BCUT2D eigenvalue weighted by Gasteiger charge is -2.30. The minimum Gasteiger partial charge on any atom is -0.298 e.